The van der Waals surface area contributed by atoms with E-state index in [1.54, 1.807) is 0 Å². The van der Waals surface area contributed by atoms with Crippen molar-refractivity contribution in [2.45, 2.75) is 38.8 Å². The van der Waals surface area contributed by atoms with E-state index in [0.717, 1.165) is 45.3 Å². The zero-order valence-corrected chi connectivity index (χ0v) is 19.7. The van der Waals surface area contributed by atoms with Crippen LogP contribution in [0.1, 0.15) is 30.5 Å². The molecule has 1 aromatic heterocycles. The highest BCUT2D eigenvalue weighted by Crippen LogP contribution is 2.35. The highest BCUT2D eigenvalue weighted by Gasteiger charge is 2.30. The van der Waals surface area contributed by atoms with Crippen LogP contribution in [0.3, 0.4) is 0 Å². The van der Waals surface area contributed by atoms with Crippen molar-refractivity contribution in [1.82, 2.24) is 9.47 Å². The predicted molar refractivity (Wildman–Crippen MR) is 132 cm³/mol. The van der Waals surface area contributed by atoms with Crippen molar-refractivity contribution in [3.63, 3.8) is 0 Å². The van der Waals surface area contributed by atoms with Gasteiger partial charge in [0.2, 0.25) is 5.91 Å². The Bertz CT molecular complexity index is 1430. The van der Waals surface area contributed by atoms with Gasteiger partial charge in [0.1, 0.15) is 17.9 Å². The molecule has 3 aromatic carbocycles. The normalized spacial score (nSPS) is 14.2. The molecule has 0 spiro atoms. The van der Waals surface area contributed by atoms with Crippen molar-refractivity contribution in [2.24, 2.45) is 7.05 Å². The van der Waals surface area contributed by atoms with Crippen LogP contribution < -0.4 is 4.74 Å². The van der Waals surface area contributed by atoms with Crippen molar-refractivity contribution in [2.75, 3.05) is 6.54 Å². The summed E-state index contributed by atoms with van der Waals surface area (Å²) in [4.78, 5) is 26.2. The van der Waals surface area contributed by atoms with Gasteiger partial charge in [0.05, 0.1) is 6.42 Å². The van der Waals surface area contributed by atoms with Crippen LogP contribution in [0, 0.1) is 0 Å². The third-order valence-electron chi connectivity index (χ3n) is 6.51. The Morgan fingerprint density at radius 1 is 1.00 bits per heavy atom. The topological polar surface area (TPSA) is 71.8 Å². The Morgan fingerprint density at radius 2 is 1.74 bits per heavy atom. The number of ether oxygens (including phenoxy) is 1. The van der Waals surface area contributed by atoms with Gasteiger partial charge < -0.3 is 19.3 Å². The number of carboxylic acids is 1. The first kappa shape index (κ1) is 22.0. The van der Waals surface area contributed by atoms with Gasteiger partial charge in [-0.25, -0.2) is 0 Å². The Hall–Kier alpha value is -3.80. The van der Waals surface area contributed by atoms with E-state index in [9.17, 15) is 14.7 Å². The SMILES string of the molecule is Cn1c2ccccc2c2ccc(CC(=O)N(CC(=O)O)Cc3ccc4c(c3)CC(C)(C)O4)cc21. The number of aryl methyl sites for hydroxylation is 1. The number of carboxylic acid groups (broad SMARTS) is 1. The lowest BCUT2D eigenvalue weighted by atomic mass is 10.00. The number of carbonyl (C=O) groups excluding carboxylic acids is 1. The summed E-state index contributed by atoms with van der Waals surface area (Å²) in [6.07, 6.45) is 0.930. The minimum absolute atomic E-state index is 0.145. The number of para-hydroxylation sites is 1. The molecule has 0 bridgehead atoms. The van der Waals surface area contributed by atoms with Crippen LogP contribution in [0.4, 0.5) is 0 Å². The molecular formula is C28H28N2O4. The number of hydrogen-bond donors (Lipinski definition) is 1. The number of fused-ring (bicyclic) bond motifs is 4. The first-order chi connectivity index (χ1) is 16.2. The molecule has 34 heavy (non-hydrogen) atoms. The van der Waals surface area contributed by atoms with Crippen molar-refractivity contribution in [3.05, 3.63) is 77.4 Å². The van der Waals surface area contributed by atoms with Crippen molar-refractivity contribution < 1.29 is 19.4 Å². The zero-order chi connectivity index (χ0) is 24.0. The summed E-state index contributed by atoms with van der Waals surface area (Å²) >= 11 is 0. The van der Waals surface area contributed by atoms with Crippen LogP contribution >= 0.6 is 0 Å². The number of aliphatic carboxylic acids is 1. The summed E-state index contributed by atoms with van der Waals surface area (Å²) < 4.78 is 8.06. The molecule has 0 saturated carbocycles. The van der Waals surface area contributed by atoms with Gasteiger partial charge in [-0.05, 0) is 48.7 Å². The Morgan fingerprint density at radius 3 is 2.53 bits per heavy atom. The van der Waals surface area contributed by atoms with Gasteiger partial charge in [-0.15, -0.1) is 0 Å². The van der Waals surface area contributed by atoms with E-state index in [2.05, 4.69) is 16.7 Å². The Balaban J connectivity index is 1.39. The van der Waals surface area contributed by atoms with Gasteiger partial charge in [0.15, 0.2) is 0 Å². The summed E-state index contributed by atoms with van der Waals surface area (Å²) in [6.45, 7) is 3.99. The lowest BCUT2D eigenvalue weighted by Gasteiger charge is -2.21. The van der Waals surface area contributed by atoms with Gasteiger partial charge in [0, 0.05) is 41.8 Å². The number of benzene rings is 3. The van der Waals surface area contributed by atoms with Crippen molar-refractivity contribution >= 4 is 33.7 Å². The fourth-order valence-electron chi connectivity index (χ4n) is 4.98. The molecule has 0 radical (unpaired) electrons. The van der Waals surface area contributed by atoms with E-state index < -0.39 is 5.97 Å². The first-order valence-corrected chi connectivity index (χ1v) is 11.5. The Kier molecular flexibility index (Phi) is 5.31. The molecule has 6 nitrogen and oxygen atoms in total. The summed E-state index contributed by atoms with van der Waals surface area (Å²) in [5.74, 6) is -0.381. The second-order valence-corrected chi connectivity index (χ2v) is 9.73. The third kappa shape index (κ3) is 4.12. The van der Waals surface area contributed by atoms with E-state index in [4.69, 9.17) is 4.74 Å². The fourth-order valence-corrected chi connectivity index (χ4v) is 4.98. The van der Waals surface area contributed by atoms with Gasteiger partial charge in [-0.2, -0.15) is 0 Å². The van der Waals surface area contributed by atoms with Crippen LogP contribution in [0.5, 0.6) is 5.75 Å². The quantitative estimate of drug-likeness (QED) is 0.457. The summed E-state index contributed by atoms with van der Waals surface area (Å²) in [6, 6.07) is 20.1. The fraction of sp³-hybridized carbons (Fsp3) is 0.286. The van der Waals surface area contributed by atoms with Crippen LogP contribution in [0.15, 0.2) is 60.7 Å². The van der Waals surface area contributed by atoms with E-state index in [0.29, 0.717) is 0 Å². The maximum atomic E-state index is 13.2. The zero-order valence-electron chi connectivity index (χ0n) is 19.7. The summed E-state index contributed by atoms with van der Waals surface area (Å²) in [7, 11) is 2.02. The predicted octanol–water partition coefficient (Wildman–Crippen LogP) is 4.70. The number of aromatic nitrogens is 1. The van der Waals surface area contributed by atoms with Gasteiger partial charge in [-0.1, -0.05) is 42.5 Å². The summed E-state index contributed by atoms with van der Waals surface area (Å²) in [5.41, 5.74) is 4.79. The monoisotopic (exact) mass is 456 g/mol. The smallest absolute Gasteiger partial charge is 0.323 e. The number of carbonyl (C=O) groups is 2. The summed E-state index contributed by atoms with van der Waals surface area (Å²) in [5, 5.41) is 11.8. The number of amides is 1. The molecule has 0 saturated heterocycles. The largest absolute Gasteiger partial charge is 0.487 e. The molecule has 1 aliphatic heterocycles. The molecule has 4 aromatic rings. The van der Waals surface area contributed by atoms with Crippen LogP contribution in [-0.2, 0) is 36.0 Å². The standard InChI is InChI=1S/C28H28N2O4/c1-28(2)15-20-12-19(9-11-25(20)34-28)16-30(17-27(32)33)26(31)14-18-8-10-22-21-6-4-5-7-23(21)29(3)24(22)13-18/h4-13H,14-17H2,1-3H3,(H,32,33). The van der Waals surface area contributed by atoms with Crippen molar-refractivity contribution in [3.8, 4) is 5.75 Å². The number of hydrogen-bond acceptors (Lipinski definition) is 3. The Labute approximate surface area is 198 Å². The first-order valence-electron chi connectivity index (χ1n) is 11.5. The van der Waals surface area contributed by atoms with Gasteiger partial charge >= 0.3 is 5.97 Å². The molecule has 0 aliphatic carbocycles. The molecular weight excluding hydrogens is 428 g/mol. The maximum absolute atomic E-state index is 13.2. The van der Waals surface area contributed by atoms with E-state index in [1.807, 2.05) is 69.4 Å². The molecule has 1 amide bonds. The van der Waals surface area contributed by atoms with Crippen LogP contribution in [0.25, 0.3) is 21.8 Å². The average molecular weight is 457 g/mol. The second-order valence-electron chi connectivity index (χ2n) is 9.73. The van der Waals surface area contributed by atoms with Crippen LogP contribution in [-0.4, -0.2) is 38.6 Å². The highest BCUT2D eigenvalue weighted by atomic mass is 16.5. The minimum atomic E-state index is -1.02. The van der Waals surface area contributed by atoms with E-state index in [-0.39, 0.29) is 31.0 Å². The third-order valence-corrected chi connectivity index (χ3v) is 6.51. The average Bonchev–Trinajstić information content (AvgIpc) is 3.25. The lowest BCUT2D eigenvalue weighted by molar-refractivity contribution is -0.144. The van der Waals surface area contributed by atoms with Crippen molar-refractivity contribution in [1.29, 1.82) is 0 Å². The lowest BCUT2D eigenvalue weighted by Crippen LogP contribution is -2.36. The molecule has 1 N–H and O–H groups in total. The molecule has 6 heteroatoms. The molecule has 2 heterocycles. The molecule has 0 fully saturated rings. The van der Waals surface area contributed by atoms with Gasteiger partial charge in [-0.3, -0.25) is 9.59 Å². The molecule has 5 rings (SSSR count). The minimum Gasteiger partial charge on any atom is -0.487 e. The molecule has 174 valence electrons. The van der Waals surface area contributed by atoms with E-state index >= 15 is 0 Å². The second kappa shape index (κ2) is 8.20. The molecule has 0 unspecified atom stereocenters. The molecule has 1 aliphatic rings. The highest BCUT2D eigenvalue weighted by molar-refractivity contribution is 6.08. The maximum Gasteiger partial charge on any atom is 0.323 e. The van der Waals surface area contributed by atoms with Gasteiger partial charge in [0.25, 0.3) is 0 Å². The van der Waals surface area contributed by atoms with Crippen LogP contribution in [0.2, 0.25) is 0 Å². The number of rotatable bonds is 6. The number of nitrogens with zero attached hydrogens (tertiary/aromatic N) is 2. The van der Waals surface area contributed by atoms with E-state index in [1.165, 1.54) is 10.3 Å². The molecule has 0 atom stereocenters.